The molecule has 0 aromatic heterocycles. The number of amides is 1. The number of carbonyl (C=O) groups excluding carboxylic acids is 3. The molecule has 0 aliphatic carbocycles. The van der Waals surface area contributed by atoms with Gasteiger partial charge < -0.3 is 20.1 Å². The van der Waals surface area contributed by atoms with Crippen LogP contribution in [0.15, 0.2) is 36.4 Å². The molecule has 142 valence electrons. The zero-order chi connectivity index (χ0) is 20.0. The lowest BCUT2D eigenvalue weighted by molar-refractivity contribution is -0.114. The van der Waals surface area contributed by atoms with Crippen LogP contribution in [0.2, 0.25) is 10.0 Å². The highest BCUT2D eigenvalue weighted by Crippen LogP contribution is 2.22. The van der Waals surface area contributed by atoms with Gasteiger partial charge in [-0.15, -0.1) is 0 Å². The number of methoxy groups -OCH3 is 2. The summed E-state index contributed by atoms with van der Waals surface area (Å²) in [6.45, 7) is -0.0906. The second-order valence-corrected chi connectivity index (χ2v) is 6.21. The van der Waals surface area contributed by atoms with Gasteiger partial charge in [-0.25, -0.2) is 9.59 Å². The number of hydrogen-bond acceptors (Lipinski definition) is 6. The SMILES string of the molecule is COC(=O)c1cc(NC(=O)CNc2cc(Cl)cc(Cl)c2)cc(C(=O)OC)c1. The third-order valence-electron chi connectivity index (χ3n) is 3.37. The Morgan fingerprint density at radius 1 is 0.815 bits per heavy atom. The Kier molecular flexibility index (Phi) is 7.04. The first-order valence-electron chi connectivity index (χ1n) is 7.64. The molecule has 0 fully saturated rings. The fraction of sp³-hybridized carbons (Fsp3) is 0.167. The van der Waals surface area contributed by atoms with Crippen molar-refractivity contribution in [3.63, 3.8) is 0 Å². The zero-order valence-corrected chi connectivity index (χ0v) is 16.0. The van der Waals surface area contributed by atoms with Gasteiger partial charge in [-0.2, -0.15) is 0 Å². The van der Waals surface area contributed by atoms with Crippen LogP contribution in [0.3, 0.4) is 0 Å². The average Bonchev–Trinajstić information content (AvgIpc) is 2.64. The minimum atomic E-state index is -0.650. The number of rotatable bonds is 6. The lowest BCUT2D eigenvalue weighted by Crippen LogP contribution is -2.22. The molecule has 2 aromatic rings. The third kappa shape index (κ3) is 5.87. The number of hydrogen-bond donors (Lipinski definition) is 2. The fourth-order valence-electron chi connectivity index (χ4n) is 2.21. The Morgan fingerprint density at radius 3 is 1.81 bits per heavy atom. The summed E-state index contributed by atoms with van der Waals surface area (Å²) in [7, 11) is 2.43. The van der Waals surface area contributed by atoms with Gasteiger partial charge in [0.15, 0.2) is 0 Å². The van der Waals surface area contributed by atoms with Crippen molar-refractivity contribution in [3.8, 4) is 0 Å². The highest BCUT2D eigenvalue weighted by Gasteiger charge is 2.15. The Labute approximate surface area is 165 Å². The van der Waals surface area contributed by atoms with E-state index in [0.717, 1.165) is 0 Å². The minimum Gasteiger partial charge on any atom is -0.465 e. The Balaban J connectivity index is 2.13. The number of anilines is 2. The molecule has 27 heavy (non-hydrogen) atoms. The van der Waals surface area contributed by atoms with E-state index >= 15 is 0 Å². The molecule has 9 heteroatoms. The number of benzene rings is 2. The van der Waals surface area contributed by atoms with Crippen molar-refractivity contribution in [2.24, 2.45) is 0 Å². The van der Waals surface area contributed by atoms with Crippen LogP contribution in [-0.4, -0.2) is 38.6 Å². The van der Waals surface area contributed by atoms with Gasteiger partial charge in [0.05, 0.1) is 31.9 Å². The van der Waals surface area contributed by atoms with Crippen LogP contribution in [0, 0.1) is 0 Å². The van der Waals surface area contributed by atoms with Crippen molar-refractivity contribution in [1.29, 1.82) is 0 Å². The topological polar surface area (TPSA) is 93.7 Å². The predicted octanol–water partition coefficient (Wildman–Crippen LogP) is 3.62. The van der Waals surface area contributed by atoms with Crippen LogP contribution in [0.1, 0.15) is 20.7 Å². The molecule has 0 saturated heterocycles. The van der Waals surface area contributed by atoms with Gasteiger partial charge in [-0.1, -0.05) is 23.2 Å². The first-order valence-corrected chi connectivity index (χ1v) is 8.39. The Hall–Kier alpha value is -2.77. The third-order valence-corrected chi connectivity index (χ3v) is 3.81. The Bertz CT molecular complexity index is 832. The van der Waals surface area contributed by atoms with E-state index in [-0.39, 0.29) is 23.4 Å². The monoisotopic (exact) mass is 410 g/mol. The molecule has 2 N–H and O–H groups in total. The summed E-state index contributed by atoms with van der Waals surface area (Å²) in [4.78, 5) is 35.7. The summed E-state index contributed by atoms with van der Waals surface area (Å²) in [6, 6.07) is 8.92. The number of ether oxygens (including phenoxy) is 2. The summed E-state index contributed by atoms with van der Waals surface area (Å²) in [6.07, 6.45) is 0. The van der Waals surface area contributed by atoms with Gasteiger partial charge in [0, 0.05) is 21.4 Å². The molecule has 0 aliphatic rings. The molecule has 0 unspecified atom stereocenters. The zero-order valence-electron chi connectivity index (χ0n) is 14.5. The quantitative estimate of drug-likeness (QED) is 0.706. The molecule has 0 radical (unpaired) electrons. The predicted molar refractivity (Wildman–Crippen MR) is 103 cm³/mol. The molecular weight excluding hydrogens is 395 g/mol. The molecule has 0 spiro atoms. The maximum atomic E-state index is 12.2. The molecular formula is C18H16Cl2N2O5. The normalized spacial score (nSPS) is 10.1. The highest BCUT2D eigenvalue weighted by atomic mass is 35.5. The van der Waals surface area contributed by atoms with Crippen molar-refractivity contribution in [2.45, 2.75) is 0 Å². The number of esters is 2. The minimum absolute atomic E-state index is 0.0906. The van der Waals surface area contributed by atoms with Crippen molar-refractivity contribution >= 4 is 52.4 Å². The molecule has 2 aromatic carbocycles. The number of halogens is 2. The van der Waals surface area contributed by atoms with Crippen molar-refractivity contribution in [3.05, 3.63) is 57.6 Å². The second kappa shape index (κ2) is 9.25. The maximum absolute atomic E-state index is 12.2. The summed E-state index contributed by atoms with van der Waals surface area (Å²) in [5.41, 5.74) is 1.02. The van der Waals surface area contributed by atoms with Gasteiger partial charge >= 0.3 is 11.9 Å². The first kappa shape index (κ1) is 20.5. The molecule has 0 heterocycles. The number of nitrogens with one attached hydrogen (secondary N) is 2. The van der Waals surface area contributed by atoms with Gasteiger partial charge in [0.1, 0.15) is 0 Å². The summed E-state index contributed by atoms with van der Waals surface area (Å²) in [5.74, 6) is -1.71. The second-order valence-electron chi connectivity index (χ2n) is 5.34. The van der Waals surface area contributed by atoms with E-state index in [1.165, 1.54) is 32.4 Å². The summed E-state index contributed by atoms with van der Waals surface area (Å²) in [5, 5.41) is 6.34. The smallest absolute Gasteiger partial charge is 0.337 e. The molecule has 0 saturated carbocycles. The van der Waals surface area contributed by atoms with Gasteiger partial charge in [0.2, 0.25) is 5.91 Å². The fourth-order valence-corrected chi connectivity index (χ4v) is 2.74. The van der Waals surface area contributed by atoms with Crippen LogP contribution in [-0.2, 0) is 14.3 Å². The van der Waals surface area contributed by atoms with Gasteiger partial charge in [-0.3, -0.25) is 4.79 Å². The first-order chi connectivity index (χ1) is 12.8. The molecule has 1 amide bonds. The molecule has 2 rings (SSSR count). The standard InChI is InChI=1S/C18H16Cl2N2O5/c1-26-17(24)10-3-11(18(25)27-2)5-15(4-10)22-16(23)9-21-14-7-12(19)6-13(20)8-14/h3-8,21H,9H2,1-2H3,(H,22,23). The van der Waals surface area contributed by atoms with Crippen LogP contribution in [0.5, 0.6) is 0 Å². The Morgan fingerprint density at radius 2 is 1.33 bits per heavy atom. The summed E-state index contributed by atoms with van der Waals surface area (Å²) >= 11 is 11.8. The maximum Gasteiger partial charge on any atom is 0.337 e. The van der Waals surface area contributed by atoms with E-state index in [0.29, 0.717) is 15.7 Å². The van der Waals surface area contributed by atoms with E-state index in [1.807, 2.05) is 0 Å². The van der Waals surface area contributed by atoms with Crippen molar-refractivity contribution in [1.82, 2.24) is 0 Å². The van der Waals surface area contributed by atoms with Crippen LogP contribution < -0.4 is 10.6 Å². The lowest BCUT2D eigenvalue weighted by Gasteiger charge is -2.11. The van der Waals surface area contributed by atoms with Gasteiger partial charge in [-0.05, 0) is 36.4 Å². The van der Waals surface area contributed by atoms with Gasteiger partial charge in [0.25, 0.3) is 0 Å². The summed E-state index contributed by atoms with van der Waals surface area (Å²) < 4.78 is 9.30. The van der Waals surface area contributed by atoms with Crippen LogP contribution >= 0.6 is 23.2 Å². The highest BCUT2D eigenvalue weighted by molar-refractivity contribution is 6.35. The number of carbonyl (C=O) groups is 3. The molecule has 0 aliphatic heterocycles. The lowest BCUT2D eigenvalue weighted by atomic mass is 10.1. The van der Waals surface area contributed by atoms with Crippen molar-refractivity contribution < 1.29 is 23.9 Å². The molecule has 0 bridgehead atoms. The van der Waals surface area contributed by atoms with Crippen LogP contribution in [0.4, 0.5) is 11.4 Å². The van der Waals surface area contributed by atoms with E-state index in [1.54, 1.807) is 18.2 Å². The van der Waals surface area contributed by atoms with E-state index < -0.39 is 17.8 Å². The van der Waals surface area contributed by atoms with Crippen molar-refractivity contribution in [2.75, 3.05) is 31.4 Å². The van der Waals surface area contributed by atoms with E-state index in [4.69, 9.17) is 23.2 Å². The molecule has 7 nitrogen and oxygen atoms in total. The molecule has 0 atom stereocenters. The largest absolute Gasteiger partial charge is 0.465 e. The van der Waals surface area contributed by atoms with Crippen LogP contribution in [0.25, 0.3) is 0 Å². The van der Waals surface area contributed by atoms with E-state index in [2.05, 4.69) is 20.1 Å². The average molecular weight is 411 g/mol. The van der Waals surface area contributed by atoms with E-state index in [9.17, 15) is 14.4 Å².